The van der Waals surface area contributed by atoms with Gasteiger partial charge < -0.3 is 0 Å². The van der Waals surface area contributed by atoms with Crippen molar-refractivity contribution in [1.29, 1.82) is 0 Å². The summed E-state index contributed by atoms with van der Waals surface area (Å²) >= 11 is 11.9. The molecule has 2 aromatic rings. The van der Waals surface area contributed by atoms with Gasteiger partial charge in [0.05, 0.1) is 4.92 Å². The van der Waals surface area contributed by atoms with E-state index in [2.05, 4.69) is 38.5 Å². The molecule has 1 unspecified atom stereocenters. The van der Waals surface area contributed by atoms with Gasteiger partial charge >= 0.3 is 0 Å². The molecule has 0 saturated carbocycles. The molecular weight excluding hydrogens is 456 g/mol. The van der Waals surface area contributed by atoms with Gasteiger partial charge in [-0.3, -0.25) is 10.1 Å². The molecule has 0 amide bonds. The number of alkyl halides is 1. The summed E-state index contributed by atoms with van der Waals surface area (Å²) in [6, 6.07) is 12.4. The number of nitro benzene ring substituents is 1. The number of hydrogen-bond donors (Lipinski definition) is 0. The first-order valence-electron chi connectivity index (χ1n) is 5.79. The molecule has 0 saturated heterocycles. The Hall–Kier alpha value is -0.660. The number of benzene rings is 2. The molecule has 0 fully saturated rings. The van der Waals surface area contributed by atoms with Crippen molar-refractivity contribution in [3.63, 3.8) is 0 Å². The SMILES string of the molecule is O=[N+]([O-])c1ccc(CC(Br)c2cc(Cl)ccc2I)cc1. The van der Waals surface area contributed by atoms with Crippen LogP contribution in [0, 0.1) is 13.7 Å². The highest BCUT2D eigenvalue weighted by molar-refractivity contribution is 14.1. The average molecular weight is 467 g/mol. The van der Waals surface area contributed by atoms with Crippen molar-refractivity contribution in [3.05, 3.63) is 72.3 Å². The summed E-state index contributed by atoms with van der Waals surface area (Å²) in [5.41, 5.74) is 2.27. The van der Waals surface area contributed by atoms with Crippen molar-refractivity contribution in [2.75, 3.05) is 0 Å². The largest absolute Gasteiger partial charge is 0.269 e. The van der Waals surface area contributed by atoms with E-state index in [1.165, 1.54) is 12.1 Å². The molecule has 20 heavy (non-hydrogen) atoms. The standard InChI is InChI=1S/C14H10BrClINO2/c15-13(12-8-10(16)3-6-14(12)17)7-9-1-4-11(5-2-9)18(19)20/h1-6,8,13H,7H2. The maximum Gasteiger partial charge on any atom is 0.269 e. The van der Waals surface area contributed by atoms with E-state index in [0.29, 0.717) is 5.02 Å². The zero-order chi connectivity index (χ0) is 14.7. The summed E-state index contributed by atoms with van der Waals surface area (Å²) in [6.45, 7) is 0. The Kier molecular flexibility index (Phi) is 5.40. The van der Waals surface area contributed by atoms with E-state index < -0.39 is 4.92 Å². The second kappa shape index (κ2) is 6.87. The molecule has 1 atom stereocenters. The van der Waals surface area contributed by atoms with E-state index in [1.807, 2.05) is 18.2 Å². The van der Waals surface area contributed by atoms with Crippen molar-refractivity contribution < 1.29 is 4.92 Å². The second-order valence-corrected chi connectivity index (χ2v) is 6.96. The van der Waals surface area contributed by atoms with Crippen LogP contribution < -0.4 is 0 Å². The number of nitrogens with zero attached hydrogens (tertiary/aromatic N) is 1. The van der Waals surface area contributed by atoms with Crippen molar-refractivity contribution in [1.82, 2.24) is 0 Å². The molecule has 0 aliphatic carbocycles. The Morgan fingerprint density at radius 2 is 1.90 bits per heavy atom. The molecule has 0 heterocycles. The van der Waals surface area contributed by atoms with Gasteiger partial charge in [0.25, 0.3) is 5.69 Å². The van der Waals surface area contributed by atoms with Gasteiger partial charge in [0.2, 0.25) is 0 Å². The first-order valence-corrected chi connectivity index (χ1v) is 8.17. The topological polar surface area (TPSA) is 43.1 Å². The smallest absolute Gasteiger partial charge is 0.258 e. The number of non-ortho nitro benzene ring substituents is 1. The minimum absolute atomic E-state index is 0.109. The highest BCUT2D eigenvalue weighted by Gasteiger charge is 2.13. The summed E-state index contributed by atoms with van der Waals surface area (Å²) < 4.78 is 1.13. The summed E-state index contributed by atoms with van der Waals surface area (Å²) in [5.74, 6) is 0. The van der Waals surface area contributed by atoms with Crippen molar-refractivity contribution in [3.8, 4) is 0 Å². The molecule has 0 N–H and O–H groups in total. The lowest BCUT2D eigenvalue weighted by atomic mass is 10.0. The van der Waals surface area contributed by atoms with Gasteiger partial charge in [0.1, 0.15) is 0 Å². The fraction of sp³-hybridized carbons (Fsp3) is 0.143. The summed E-state index contributed by atoms with van der Waals surface area (Å²) in [4.78, 5) is 10.3. The Bertz CT molecular complexity index is 634. The van der Waals surface area contributed by atoms with E-state index in [-0.39, 0.29) is 10.5 Å². The lowest BCUT2D eigenvalue weighted by molar-refractivity contribution is -0.384. The van der Waals surface area contributed by atoms with Crippen molar-refractivity contribution >= 4 is 55.8 Å². The van der Waals surface area contributed by atoms with Gasteiger partial charge in [0.15, 0.2) is 0 Å². The summed E-state index contributed by atoms with van der Waals surface area (Å²) in [5, 5.41) is 11.3. The quantitative estimate of drug-likeness (QED) is 0.257. The molecule has 0 bridgehead atoms. The highest BCUT2D eigenvalue weighted by Crippen LogP contribution is 2.32. The Labute approximate surface area is 143 Å². The van der Waals surface area contributed by atoms with Crippen LogP contribution in [0.3, 0.4) is 0 Å². The first kappa shape index (κ1) is 15.7. The van der Waals surface area contributed by atoms with Gasteiger partial charge in [-0.1, -0.05) is 39.7 Å². The van der Waals surface area contributed by atoms with Crippen LogP contribution in [0.1, 0.15) is 16.0 Å². The number of rotatable bonds is 4. The van der Waals surface area contributed by atoms with Crippen molar-refractivity contribution in [2.24, 2.45) is 0 Å². The van der Waals surface area contributed by atoms with Gasteiger partial charge in [0, 0.05) is 25.6 Å². The fourth-order valence-corrected chi connectivity index (χ4v) is 3.90. The fourth-order valence-electron chi connectivity index (χ4n) is 1.83. The molecule has 2 rings (SSSR count). The molecule has 0 radical (unpaired) electrons. The average Bonchev–Trinajstić information content (AvgIpc) is 2.42. The molecule has 3 nitrogen and oxygen atoms in total. The van der Waals surface area contributed by atoms with Crippen LogP contribution in [0.15, 0.2) is 42.5 Å². The molecule has 0 aromatic heterocycles. The minimum atomic E-state index is -0.394. The predicted molar refractivity (Wildman–Crippen MR) is 92.6 cm³/mol. The molecule has 0 aliphatic rings. The van der Waals surface area contributed by atoms with Crippen LogP contribution in [-0.2, 0) is 6.42 Å². The summed E-state index contributed by atoms with van der Waals surface area (Å²) in [6.07, 6.45) is 0.744. The zero-order valence-electron chi connectivity index (χ0n) is 10.2. The third-order valence-electron chi connectivity index (χ3n) is 2.86. The Morgan fingerprint density at radius 3 is 2.50 bits per heavy atom. The van der Waals surface area contributed by atoms with Gasteiger partial charge in [-0.25, -0.2) is 0 Å². The van der Waals surface area contributed by atoms with E-state index in [1.54, 1.807) is 12.1 Å². The molecule has 2 aromatic carbocycles. The number of nitro groups is 1. The highest BCUT2D eigenvalue weighted by atomic mass is 127. The summed E-state index contributed by atoms with van der Waals surface area (Å²) in [7, 11) is 0. The van der Waals surface area contributed by atoms with Crippen LogP contribution >= 0.6 is 50.1 Å². The van der Waals surface area contributed by atoms with E-state index >= 15 is 0 Å². The van der Waals surface area contributed by atoms with Gasteiger partial charge in [-0.15, -0.1) is 0 Å². The van der Waals surface area contributed by atoms with E-state index in [4.69, 9.17) is 11.6 Å². The Morgan fingerprint density at radius 1 is 1.25 bits per heavy atom. The maximum atomic E-state index is 10.6. The minimum Gasteiger partial charge on any atom is -0.258 e. The zero-order valence-corrected chi connectivity index (χ0v) is 14.7. The third kappa shape index (κ3) is 3.93. The molecule has 6 heteroatoms. The Balaban J connectivity index is 2.16. The van der Waals surface area contributed by atoms with Crippen molar-refractivity contribution in [2.45, 2.75) is 11.2 Å². The third-order valence-corrected chi connectivity index (χ3v) is 4.89. The molecule has 0 aliphatic heterocycles. The lowest BCUT2D eigenvalue weighted by Crippen LogP contribution is -1.98. The molecule has 0 spiro atoms. The van der Waals surface area contributed by atoms with Gasteiger partial charge in [-0.05, 0) is 58.3 Å². The van der Waals surface area contributed by atoms with Crippen LogP contribution in [0.25, 0.3) is 0 Å². The second-order valence-electron chi connectivity index (χ2n) is 4.26. The van der Waals surface area contributed by atoms with Crippen LogP contribution in [0.5, 0.6) is 0 Å². The normalized spacial score (nSPS) is 12.2. The van der Waals surface area contributed by atoms with E-state index in [0.717, 1.165) is 21.1 Å². The van der Waals surface area contributed by atoms with Crippen LogP contribution in [0.2, 0.25) is 5.02 Å². The number of halogens is 3. The monoisotopic (exact) mass is 465 g/mol. The van der Waals surface area contributed by atoms with Crippen LogP contribution in [0.4, 0.5) is 5.69 Å². The maximum absolute atomic E-state index is 10.6. The predicted octanol–water partition coefficient (Wildman–Crippen LogP) is 5.53. The first-order chi connectivity index (χ1) is 9.47. The van der Waals surface area contributed by atoms with E-state index in [9.17, 15) is 10.1 Å². The molecule has 104 valence electrons. The number of hydrogen-bond acceptors (Lipinski definition) is 2. The van der Waals surface area contributed by atoms with Crippen LogP contribution in [-0.4, -0.2) is 4.92 Å². The molecular formula is C14H10BrClINO2. The van der Waals surface area contributed by atoms with Gasteiger partial charge in [-0.2, -0.15) is 0 Å². The lowest BCUT2D eigenvalue weighted by Gasteiger charge is -2.13.